The number of methoxy groups -OCH3 is 1. The van der Waals surface area contributed by atoms with Crippen LogP contribution in [0.25, 0.3) is 0 Å². The molecule has 106 valence electrons. The van der Waals surface area contributed by atoms with Crippen molar-refractivity contribution in [1.29, 1.82) is 0 Å². The molecule has 1 aliphatic carbocycles. The third kappa shape index (κ3) is 2.39. The van der Waals surface area contributed by atoms with E-state index < -0.39 is 5.54 Å². The topological polar surface area (TPSA) is 74.2 Å². The second kappa shape index (κ2) is 5.07. The normalized spacial score (nSPS) is 16.8. The van der Waals surface area contributed by atoms with Gasteiger partial charge in [-0.2, -0.15) is 4.98 Å². The smallest absolute Gasteiger partial charge is 0.231 e. The average Bonchev–Trinajstić information content (AvgIpc) is 2.85. The fourth-order valence-corrected chi connectivity index (χ4v) is 2.55. The van der Waals surface area contributed by atoms with E-state index in [0.29, 0.717) is 23.2 Å². The molecule has 0 atom stereocenters. The van der Waals surface area contributed by atoms with Crippen molar-refractivity contribution >= 4 is 11.6 Å². The second-order valence-corrected chi connectivity index (χ2v) is 5.59. The van der Waals surface area contributed by atoms with Crippen molar-refractivity contribution in [2.24, 2.45) is 5.73 Å². The maximum Gasteiger partial charge on any atom is 0.231 e. The van der Waals surface area contributed by atoms with Gasteiger partial charge in [0.25, 0.3) is 0 Å². The Kier molecular flexibility index (Phi) is 3.40. The number of hydrogen-bond acceptors (Lipinski definition) is 5. The Bertz CT molecular complexity index is 623. The van der Waals surface area contributed by atoms with Crippen LogP contribution in [0.3, 0.4) is 0 Å². The number of rotatable bonds is 4. The summed E-state index contributed by atoms with van der Waals surface area (Å²) in [5, 5.41) is 4.65. The Balaban J connectivity index is 1.83. The Morgan fingerprint density at radius 1 is 1.45 bits per heavy atom. The highest BCUT2D eigenvalue weighted by atomic mass is 35.5. The molecule has 6 heteroatoms. The molecule has 1 heterocycles. The van der Waals surface area contributed by atoms with E-state index in [1.165, 1.54) is 0 Å². The van der Waals surface area contributed by atoms with Crippen LogP contribution in [0.1, 0.15) is 36.5 Å². The molecule has 1 aliphatic rings. The minimum absolute atomic E-state index is 0.403. The lowest BCUT2D eigenvalue weighted by atomic mass is 9.77. The molecule has 0 saturated heterocycles. The second-order valence-electron chi connectivity index (χ2n) is 5.15. The lowest BCUT2D eigenvalue weighted by Crippen LogP contribution is -2.44. The largest absolute Gasteiger partial charge is 0.496 e. The summed E-state index contributed by atoms with van der Waals surface area (Å²) in [6.45, 7) is 0. The molecule has 1 aromatic heterocycles. The van der Waals surface area contributed by atoms with Crippen molar-refractivity contribution in [3.05, 3.63) is 40.5 Å². The zero-order valence-corrected chi connectivity index (χ0v) is 12.0. The van der Waals surface area contributed by atoms with Crippen molar-refractivity contribution in [3.8, 4) is 5.75 Å². The van der Waals surface area contributed by atoms with Crippen LogP contribution in [0.5, 0.6) is 5.75 Å². The van der Waals surface area contributed by atoms with E-state index in [4.69, 9.17) is 26.6 Å². The van der Waals surface area contributed by atoms with Crippen LogP contribution in [-0.4, -0.2) is 17.3 Å². The van der Waals surface area contributed by atoms with Crippen LogP contribution in [0, 0.1) is 0 Å². The Morgan fingerprint density at radius 2 is 2.25 bits per heavy atom. The number of ether oxygens (including phenoxy) is 1. The first kappa shape index (κ1) is 13.4. The zero-order chi connectivity index (χ0) is 14.2. The highest BCUT2D eigenvalue weighted by molar-refractivity contribution is 6.30. The summed E-state index contributed by atoms with van der Waals surface area (Å²) >= 11 is 6.01. The van der Waals surface area contributed by atoms with Crippen molar-refractivity contribution in [1.82, 2.24) is 10.1 Å². The van der Waals surface area contributed by atoms with Gasteiger partial charge < -0.3 is 15.0 Å². The van der Waals surface area contributed by atoms with E-state index in [-0.39, 0.29) is 0 Å². The first-order valence-corrected chi connectivity index (χ1v) is 6.93. The molecule has 0 unspecified atom stereocenters. The molecule has 1 aromatic carbocycles. The summed E-state index contributed by atoms with van der Waals surface area (Å²) in [6.07, 6.45) is 3.41. The van der Waals surface area contributed by atoms with E-state index in [0.717, 1.165) is 30.6 Å². The van der Waals surface area contributed by atoms with Crippen molar-refractivity contribution < 1.29 is 9.26 Å². The summed E-state index contributed by atoms with van der Waals surface area (Å²) in [5.74, 6) is 1.87. The average molecular weight is 294 g/mol. The van der Waals surface area contributed by atoms with Crippen LogP contribution >= 0.6 is 11.6 Å². The van der Waals surface area contributed by atoms with Crippen LogP contribution in [0.4, 0.5) is 0 Å². The Hall–Kier alpha value is -1.59. The maximum absolute atomic E-state index is 6.18. The van der Waals surface area contributed by atoms with Gasteiger partial charge >= 0.3 is 0 Å². The highest BCUT2D eigenvalue weighted by Gasteiger charge is 2.38. The molecule has 1 saturated carbocycles. The fraction of sp³-hybridized carbons (Fsp3) is 0.429. The fourth-order valence-electron chi connectivity index (χ4n) is 2.36. The molecule has 2 aromatic rings. The van der Waals surface area contributed by atoms with Crippen molar-refractivity contribution in [2.75, 3.05) is 7.11 Å². The third-order valence-electron chi connectivity index (χ3n) is 3.74. The highest BCUT2D eigenvalue weighted by Crippen LogP contribution is 2.37. The van der Waals surface area contributed by atoms with Gasteiger partial charge in [0.1, 0.15) is 5.75 Å². The van der Waals surface area contributed by atoms with Crippen LogP contribution in [0.15, 0.2) is 22.7 Å². The quantitative estimate of drug-likeness (QED) is 0.938. The molecule has 3 rings (SSSR count). The predicted molar refractivity (Wildman–Crippen MR) is 74.8 cm³/mol. The molecule has 5 nitrogen and oxygen atoms in total. The van der Waals surface area contributed by atoms with Crippen LogP contribution in [-0.2, 0) is 12.0 Å². The van der Waals surface area contributed by atoms with E-state index >= 15 is 0 Å². The molecule has 0 aliphatic heterocycles. The summed E-state index contributed by atoms with van der Waals surface area (Å²) < 4.78 is 10.6. The molecule has 2 N–H and O–H groups in total. The van der Waals surface area contributed by atoms with Gasteiger partial charge in [0.2, 0.25) is 5.89 Å². The van der Waals surface area contributed by atoms with Gasteiger partial charge in [0.05, 0.1) is 19.1 Å². The lowest BCUT2D eigenvalue weighted by Gasteiger charge is -2.34. The van der Waals surface area contributed by atoms with Crippen LogP contribution < -0.4 is 10.5 Å². The first-order chi connectivity index (χ1) is 9.60. The van der Waals surface area contributed by atoms with E-state index in [1.54, 1.807) is 13.2 Å². The zero-order valence-electron chi connectivity index (χ0n) is 11.2. The summed E-state index contributed by atoms with van der Waals surface area (Å²) in [6, 6.07) is 5.45. The molecule has 0 radical (unpaired) electrons. The van der Waals surface area contributed by atoms with E-state index in [2.05, 4.69) is 10.1 Å². The van der Waals surface area contributed by atoms with Gasteiger partial charge in [0.15, 0.2) is 5.82 Å². The molecular weight excluding hydrogens is 278 g/mol. The molecular formula is C14H16ClN3O2. The molecule has 0 amide bonds. The summed E-state index contributed by atoms with van der Waals surface area (Å²) in [4.78, 5) is 4.40. The summed E-state index contributed by atoms with van der Waals surface area (Å²) in [7, 11) is 1.62. The minimum Gasteiger partial charge on any atom is -0.496 e. The summed E-state index contributed by atoms with van der Waals surface area (Å²) in [5.41, 5.74) is 6.69. The number of halogens is 1. The lowest BCUT2D eigenvalue weighted by molar-refractivity contribution is 0.229. The van der Waals surface area contributed by atoms with Crippen LogP contribution in [0.2, 0.25) is 5.02 Å². The number of benzene rings is 1. The number of aromatic nitrogens is 2. The first-order valence-electron chi connectivity index (χ1n) is 6.55. The van der Waals surface area contributed by atoms with Gasteiger partial charge in [-0.25, -0.2) is 0 Å². The maximum atomic E-state index is 6.18. The number of hydrogen-bond donors (Lipinski definition) is 1. The Labute approximate surface area is 122 Å². The molecule has 20 heavy (non-hydrogen) atoms. The van der Waals surface area contributed by atoms with E-state index in [9.17, 15) is 0 Å². The SMILES string of the molecule is COc1ccc(Cl)cc1Cc1nc(C2(N)CCC2)no1. The third-order valence-corrected chi connectivity index (χ3v) is 3.98. The van der Waals surface area contributed by atoms with Crippen molar-refractivity contribution in [3.63, 3.8) is 0 Å². The van der Waals surface area contributed by atoms with Gasteiger partial charge in [-0.1, -0.05) is 16.8 Å². The van der Waals surface area contributed by atoms with Gasteiger partial charge in [0, 0.05) is 10.6 Å². The number of nitrogens with two attached hydrogens (primary N) is 1. The van der Waals surface area contributed by atoms with Gasteiger partial charge in [-0.05, 0) is 37.5 Å². The van der Waals surface area contributed by atoms with Gasteiger partial charge in [-0.15, -0.1) is 0 Å². The Morgan fingerprint density at radius 3 is 2.90 bits per heavy atom. The minimum atomic E-state index is -0.403. The number of nitrogens with zero attached hydrogens (tertiary/aromatic N) is 2. The predicted octanol–water partition coefficient (Wildman–Crippen LogP) is 2.66. The standard InChI is InChI=1S/C14H16ClN3O2/c1-19-11-4-3-10(15)7-9(11)8-12-17-13(18-20-12)14(16)5-2-6-14/h3-4,7H,2,5-6,8,16H2,1H3. The molecule has 0 bridgehead atoms. The van der Waals surface area contributed by atoms with Gasteiger partial charge in [-0.3, -0.25) is 0 Å². The van der Waals surface area contributed by atoms with E-state index in [1.807, 2.05) is 12.1 Å². The van der Waals surface area contributed by atoms with Crippen molar-refractivity contribution in [2.45, 2.75) is 31.2 Å². The molecule has 0 spiro atoms. The monoisotopic (exact) mass is 293 g/mol. The molecule has 1 fully saturated rings.